The molecule has 4 heterocycles. The molecular weight excluding hydrogens is 434 g/mol. The maximum atomic E-state index is 5.29. The van der Waals surface area contributed by atoms with Crippen LogP contribution in [0.25, 0.3) is 21.2 Å². The average molecular weight is 468 g/mol. The molecule has 0 N–H and O–H groups in total. The van der Waals surface area contributed by atoms with E-state index in [-0.39, 0.29) is 11.6 Å². The first-order valence-electron chi connectivity index (χ1n) is 12.6. The number of rotatable bonds is 2. The molecule has 3 aliphatic heterocycles. The normalized spacial score (nSPS) is 20.6. The highest BCUT2D eigenvalue weighted by atomic mass is 32.1. The summed E-state index contributed by atoms with van der Waals surface area (Å²) in [7, 11) is 0. The second-order valence-corrected chi connectivity index (χ2v) is 9.56. The first kappa shape index (κ1) is 22.7. The molecule has 0 aliphatic carbocycles. The number of hydrazone groups is 1. The van der Waals surface area contributed by atoms with Gasteiger partial charge in [-0.2, -0.15) is 5.10 Å². The standard InChI is InChI=1S/C26H21N3S.2C2H6/c1-3-26(2)20-13-8-12-17-16-9-4-5-10-18(16)24-27-29(25(26)28(24)23(17)20)21-15-30-22-14-7-6-11-19(21)22;2*1-2/h4-15,25H,3H2,1-2H3;2*1-2H3. The summed E-state index contributed by atoms with van der Waals surface area (Å²) in [4.78, 5) is 2.52. The van der Waals surface area contributed by atoms with Crippen LogP contribution in [-0.4, -0.2) is 12.0 Å². The van der Waals surface area contributed by atoms with Gasteiger partial charge in [-0.15, -0.1) is 11.3 Å². The van der Waals surface area contributed by atoms with Crippen molar-refractivity contribution in [3.8, 4) is 11.1 Å². The lowest BCUT2D eigenvalue weighted by atomic mass is 9.78. The van der Waals surface area contributed by atoms with Gasteiger partial charge in [0.25, 0.3) is 0 Å². The molecule has 1 aromatic heterocycles. The lowest BCUT2D eigenvalue weighted by Gasteiger charge is -2.37. The second-order valence-electron chi connectivity index (χ2n) is 8.65. The van der Waals surface area contributed by atoms with Crippen LogP contribution in [0.15, 0.2) is 77.2 Å². The Morgan fingerprint density at radius 3 is 2.29 bits per heavy atom. The fourth-order valence-corrected chi connectivity index (χ4v) is 6.56. The van der Waals surface area contributed by atoms with Crippen LogP contribution in [0.3, 0.4) is 0 Å². The Hall–Kier alpha value is -3.11. The van der Waals surface area contributed by atoms with Gasteiger partial charge in [-0.3, -0.25) is 4.90 Å². The van der Waals surface area contributed by atoms with Gasteiger partial charge in [0.1, 0.15) is 6.17 Å². The molecule has 3 aliphatic rings. The van der Waals surface area contributed by atoms with E-state index in [1.165, 1.54) is 43.7 Å². The summed E-state index contributed by atoms with van der Waals surface area (Å²) in [5.74, 6) is 1.09. The van der Waals surface area contributed by atoms with Crippen molar-refractivity contribution < 1.29 is 0 Å². The van der Waals surface area contributed by atoms with Crippen molar-refractivity contribution in [1.29, 1.82) is 0 Å². The quantitative estimate of drug-likeness (QED) is 0.294. The molecule has 0 fully saturated rings. The zero-order valence-corrected chi connectivity index (χ0v) is 21.8. The number of fused-ring (bicyclic) bond motifs is 4. The Morgan fingerprint density at radius 1 is 0.853 bits per heavy atom. The number of hydrogen-bond acceptors (Lipinski definition) is 4. The van der Waals surface area contributed by atoms with Gasteiger partial charge >= 0.3 is 0 Å². The van der Waals surface area contributed by atoms with Crippen LogP contribution in [0.2, 0.25) is 0 Å². The molecule has 2 unspecified atom stereocenters. The first-order valence-corrected chi connectivity index (χ1v) is 13.5. The molecule has 0 bridgehead atoms. The summed E-state index contributed by atoms with van der Waals surface area (Å²) >= 11 is 1.80. The Kier molecular flexibility index (Phi) is 5.73. The molecule has 4 heteroatoms. The summed E-state index contributed by atoms with van der Waals surface area (Å²) in [6.45, 7) is 12.7. The first-order chi connectivity index (χ1) is 16.7. The van der Waals surface area contributed by atoms with Crippen molar-refractivity contribution >= 4 is 38.6 Å². The van der Waals surface area contributed by atoms with Crippen LogP contribution in [-0.2, 0) is 5.41 Å². The Bertz CT molecular complexity index is 1380. The van der Waals surface area contributed by atoms with E-state index >= 15 is 0 Å². The topological polar surface area (TPSA) is 18.8 Å². The third-order valence-corrected chi connectivity index (χ3v) is 8.22. The van der Waals surface area contributed by atoms with Gasteiger partial charge in [0.2, 0.25) is 0 Å². The number of amidine groups is 1. The van der Waals surface area contributed by atoms with Crippen molar-refractivity contribution in [2.45, 2.75) is 59.5 Å². The van der Waals surface area contributed by atoms with Gasteiger partial charge in [0, 0.05) is 32.0 Å². The number of thiophene rings is 1. The van der Waals surface area contributed by atoms with E-state index < -0.39 is 0 Å². The summed E-state index contributed by atoms with van der Waals surface area (Å²) in [6, 6.07) is 24.2. The van der Waals surface area contributed by atoms with Crippen molar-refractivity contribution in [3.05, 3.63) is 83.2 Å². The Balaban J connectivity index is 0.000000574. The van der Waals surface area contributed by atoms with E-state index in [4.69, 9.17) is 5.10 Å². The zero-order chi connectivity index (χ0) is 24.0. The van der Waals surface area contributed by atoms with E-state index in [0.29, 0.717) is 0 Å². The van der Waals surface area contributed by atoms with Crippen LogP contribution in [0.1, 0.15) is 59.1 Å². The zero-order valence-electron chi connectivity index (χ0n) is 21.0. The van der Waals surface area contributed by atoms with Crippen molar-refractivity contribution in [1.82, 2.24) is 0 Å². The molecule has 3 aromatic carbocycles. The highest BCUT2D eigenvalue weighted by molar-refractivity contribution is 7.17. The minimum atomic E-state index is -0.0122. The van der Waals surface area contributed by atoms with Crippen LogP contribution in [0.5, 0.6) is 0 Å². The average Bonchev–Trinajstić information content (AvgIpc) is 3.59. The highest BCUT2D eigenvalue weighted by Crippen LogP contribution is 2.58. The SMILES string of the molecule is CC.CC.CCC1(C)c2cccc3c2N2C(=NN(c4csc5ccccc45)C21)c1ccccc1-3. The van der Waals surface area contributed by atoms with Gasteiger partial charge in [-0.25, -0.2) is 5.01 Å². The van der Waals surface area contributed by atoms with Crippen LogP contribution in [0.4, 0.5) is 11.4 Å². The molecule has 0 saturated heterocycles. The molecule has 34 heavy (non-hydrogen) atoms. The molecule has 174 valence electrons. The monoisotopic (exact) mass is 467 g/mol. The third kappa shape index (κ3) is 2.84. The number of para-hydroxylation sites is 1. The van der Waals surface area contributed by atoms with Crippen molar-refractivity contribution in [2.24, 2.45) is 5.10 Å². The van der Waals surface area contributed by atoms with E-state index in [9.17, 15) is 0 Å². The molecular formula is C30H33N3S. The van der Waals surface area contributed by atoms with Crippen LogP contribution in [0, 0.1) is 0 Å². The molecule has 7 rings (SSSR count). The van der Waals surface area contributed by atoms with E-state index in [2.05, 4.69) is 95.9 Å². The molecule has 0 amide bonds. The Labute approximate surface area is 207 Å². The molecule has 0 saturated carbocycles. The van der Waals surface area contributed by atoms with E-state index in [1.54, 1.807) is 11.3 Å². The number of hydrogen-bond donors (Lipinski definition) is 0. The smallest absolute Gasteiger partial charge is 0.163 e. The van der Waals surface area contributed by atoms with Gasteiger partial charge in [-0.1, -0.05) is 102 Å². The van der Waals surface area contributed by atoms with Gasteiger partial charge in [0.05, 0.1) is 11.4 Å². The Morgan fingerprint density at radius 2 is 1.53 bits per heavy atom. The second kappa shape index (κ2) is 8.59. The number of anilines is 2. The van der Waals surface area contributed by atoms with Crippen LogP contribution < -0.4 is 9.91 Å². The largest absolute Gasteiger partial charge is 0.300 e. The molecule has 0 radical (unpaired) electrons. The number of benzene rings is 3. The minimum Gasteiger partial charge on any atom is -0.300 e. The lowest BCUT2D eigenvalue weighted by molar-refractivity contribution is 0.387. The van der Waals surface area contributed by atoms with E-state index in [0.717, 1.165) is 12.3 Å². The molecule has 2 atom stereocenters. The van der Waals surface area contributed by atoms with Gasteiger partial charge < -0.3 is 0 Å². The van der Waals surface area contributed by atoms with E-state index in [1.807, 2.05) is 27.7 Å². The van der Waals surface area contributed by atoms with Crippen molar-refractivity contribution in [3.63, 3.8) is 0 Å². The summed E-state index contributed by atoms with van der Waals surface area (Å²) < 4.78 is 1.31. The third-order valence-electron chi connectivity index (χ3n) is 7.27. The lowest BCUT2D eigenvalue weighted by Crippen LogP contribution is -2.50. The fourth-order valence-electron chi connectivity index (χ4n) is 5.63. The number of nitrogens with zero attached hydrogens (tertiary/aromatic N) is 3. The summed E-state index contributed by atoms with van der Waals surface area (Å²) in [5.41, 5.74) is 7.86. The minimum absolute atomic E-state index is 0.0122. The van der Waals surface area contributed by atoms with Gasteiger partial charge in [-0.05, 0) is 23.6 Å². The predicted molar refractivity (Wildman–Crippen MR) is 149 cm³/mol. The maximum absolute atomic E-state index is 5.29. The predicted octanol–water partition coefficient (Wildman–Crippen LogP) is 8.63. The fraction of sp³-hybridized carbons (Fsp3) is 0.300. The maximum Gasteiger partial charge on any atom is 0.163 e. The van der Waals surface area contributed by atoms with Gasteiger partial charge in [0.15, 0.2) is 5.84 Å². The summed E-state index contributed by atoms with van der Waals surface area (Å²) in [6.07, 6.45) is 1.21. The van der Waals surface area contributed by atoms with Crippen molar-refractivity contribution in [2.75, 3.05) is 9.91 Å². The molecule has 3 nitrogen and oxygen atoms in total. The molecule has 0 spiro atoms. The van der Waals surface area contributed by atoms with Crippen LogP contribution >= 0.6 is 11.3 Å². The molecule has 4 aromatic rings. The summed E-state index contributed by atoms with van der Waals surface area (Å²) in [5, 5.41) is 11.2. The highest BCUT2D eigenvalue weighted by Gasteiger charge is 2.57.